The van der Waals surface area contributed by atoms with Crippen LogP contribution in [-0.4, -0.2) is 156 Å². The van der Waals surface area contributed by atoms with Gasteiger partial charge in [0, 0.05) is 84.4 Å². The summed E-state index contributed by atoms with van der Waals surface area (Å²) in [5.74, 6) is 1.38. The first-order valence-electron chi connectivity index (χ1n) is 26.7. The number of aryl methyl sites for hydroxylation is 1. The highest BCUT2D eigenvalue weighted by Gasteiger charge is 2.47. The number of amides is 4. The molecule has 0 radical (unpaired) electrons. The van der Waals surface area contributed by atoms with Gasteiger partial charge in [-0.25, -0.2) is 4.79 Å². The number of unbranched alkanes of at least 4 members (excludes halogenated alkanes) is 2. The molecule has 8 N–H and O–H groups in total. The van der Waals surface area contributed by atoms with Crippen molar-refractivity contribution in [3.8, 4) is 34.8 Å². The molecule has 6 rings (SSSR count). The predicted octanol–water partition coefficient (Wildman–Crippen LogP) is 5.56. The van der Waals surface area contributed by atoms with Crippen LogP contribution in [0.2, 0.25) is 0 Å². The van der Waals surface area contributed by atoms with E-state index in [-0.39, 0.29) is 96.8 Å². The monoisotopic (exact) mass is 1170 g/mol. The number of hydrogen-bond acceptors (Lipinski definition) is 17. The Hall–Kier alpha value is -5.95. The highest BCUT2D eigenvalue weighted by atomic mass is 32.2. The van der Waals surface area contributed by atoms with E-state index in [2.05, 4.69) is 21.9 Å². The summed E-state index contributed by atoms with van der Waals surface area (Å²) >= 11 is 1.93. The van der Waals surface area contributed by atoms with Crippen molar-refractivity contribution in [3.63, 3.8) is 0 Å². The van der Waals surface area contributed by atoms with E-state index in [0.29, 0.717) is 101 Å². The van der Waals surface area contributed by atoms with Crippen LogP contribution in [-0.2, 0) is 53.6 Å². The summed E-state index contributed by atoms with van der Waals surface area (Å²) in [6.45, 7) is 7.32. The number of fused-ring (bicyclic) bond motifs is 3. The number of Topliss-reactive ketones (excluding diaryl/α,β-unsaturated/α-hetero) is 2. The molecule has 2 fully saturated rings. The standard InChI is InChI=1S/C55H72N6O16S3/c1-4-22-58-53(64)36(33-39(63)21-25-74-27-29-76-31-30-75-28-26-73-24-10-13-38(62)12-6-7-14-46-48-45(34-78-46)60-55(66)61(48)5-2)11-8-9-23-59-54(65)37-15-16-40(35(3)32-37)47-41-17-19-43(56)51(79(67,68)69)49(41)77-50-42(47)18-20-44(57)52(50)80(70,71)72/h1,15-20,32,36,45-46,48,56H,5-14,21-31,33-34,57H2,2-3H3,(H,58,64)(H,59,65)(H,60,66)(H,67,68,69)(H,70,71,72)/t36-,45+,46+,48+/m1/s1. The minimum absolute atomic E-state index is 0.00108. The van der Waals surface area contributed by atoms with E-state index in [4.69, 9.17) is 40.9 Å². The van der Waals surface area contributed by atoms with Gasteiger partial charge in [-0.1, -0.05) is 24.8 Å². The molecule has 25 heteroatoms. The number of hydrogen-bond donors (Lipinski definition) is 7. The molecule has 2 aromatic rings. The van der Waals surface area contributed by atoms with Crippen LogP contribution < -0.4 is 27.0 Å². The predicted molar refractivity (Wildman–Crippen MR) is 299 cm³/mol. The number of carbonyl (C=O) groups excluding carboxylic acids is 5. The number of nitrogens with two attached hydrogens (primary N) is 1. The minimum atomic E-state index is -5.10. The molecule has 0 aromatic heterocycles. The summed E-state index contributed by atoms with van der Waals surface area (Å²) in [7, 11) is -10.2. The molecule has 4 aliphatic rings. The summed E-state index contributed by atoms with van der Waals surface area (Å²) in [5.41, 5.74) is 6.37. The number of nitrogens with zero attached hydrogens (tertiary/aromatic N) is 1. The van der Waals surface area contributed by atoms with Crippen molar-refractivity contribution in [1.29, 1.82) is 5.41 Å². The SMILES string of the molecule is C#CCNC(=O)[C@H](CCCCNC(=O)c1ccc(-c2c3ccc(=N)c(S(=O)(=O)O)c-3oc3c(S(=O)(=O)O)c(N)ccc23)c(C)c1)CC(=O)CCOCCOCCOCCOCCCC(=O)CCCC[C@@H]1SC[C@@H]2NC(=O)N(CC)[C@@H]21. The summed E-state index contributed by atoms with van der Waals surface area (Å²) in [4.78, 5) is 63.9. The van der Waals surface area contributed by atoms with Crippen LogP contribution in [0.3, 0.4) is 0 Å². The van der Waals surface area contributed by atoms with Gasteiger partial charge < -0.3 is 49.9 Å². The lowest BCUT2D eigenvalue weighted by molar-refractivity contribution is -0.130. The minimum Gasteiger partial charge on any atom is -0.453 e. The van der Waals surface area contributed by atoms with Gasteiger partial charge in [-0.2, -0.15) is 28.6 Å². The smallest absolute Gasteiger partial charge is 0.318 e. The lowest BCUT2D eigenvalue weighted by Gasteiger charge is -2.26. The number of rotatable bonds is 35. The lowest BCUT2D eigenvalue weighted by Crippen LogP contribution is -2.40. The van der Waals surface area contributed by atoms with Gasteiger partial charge in [0.05, 0.1) is 75.9 Å². The molecule has 0 saturated carbocycles. The molecule has 1 aliphatic carbocycles. The van der Waals surface area contributed by atoms with E-state index in [1.807, 2.05) is 23.6 Å². The highest BCUT2D eigenvalue weighted by molar-refractivity contribution is 8.00. The molecule has 3 aliphatic heterocycles. The Morgan fingerprint density at radius 3 is 2.17 bits per heavy atom. The van der Waals surface area contributed by atoms with E-state index < -0.39 is 64.2 Å². The van der Waals surface area contributed by atoms with Crippen LogP contribution in [0.5, 0.6) is 0 Å². The maximum Gasteiger partial charge on any atom is 0.318 e. The summed E-state index contributed by atoms with van der Waals surface area (Å²) in [5, 5.41) is 16.7. The first-order valence-corrected chi connectivity index (χ1v) is 30.6. The fourth-order valence-electron chi connectivity index (χ4n) is 10.0. The molecule has 2 aromatic carbocycles. The van der Waals surface area contributed by atoms with Gasteiger partial charge in [0.25, 0.3) is 26.1 Å². The normalized spacial score (nSPS) is 16.6. The molecule has 0 bridgehead atoms. The zero-order chi connectivity index (χ0) is 58.0. The Morgan fingerprint density at radius 2 is 1.51 bits per heavy atom. The number of thioether (sulfide) groups is 1. The van der Waals surface area contributed by atoms with Gasteiger partial charge in [0.15, 0.2) is 21.1 Å². The second kappa shape index (κ2) is 30.2. The van der Waals surface area contributed by atoms with E-state index in [1.165, 1.54) is 24.3 Å². The molecular weight excluding hydrogens is 1100 g/mol. The second-order valence-electron chi connectivity index (χ2n) is 19.5. The Labute approximate surface area is 470 Å². The average Bonchev–Trinajstić information content (AvgIpc) is 4.00. The molecule has 2 saturated heterocycles. The number of ketones is 2. The Morgan fingerprint density at radius 1 is 0.850 bits per heavy atom. The molecule has 80 heavy (non-hydrogen) atoms. The largest absolute Gasteiger partial charge is 0.453 e. The van der Waals surface area contributed by atoms with Gasteiger partial charge in [-0.05, 0) is 93.5 Å². The quantitative estimate of drug-likeness (QED) is 0.00740. The van der Waals surface area contributed by atoms with Gasteiger partial charge in [-0.15, -0.1) is 6.42 Å². The Kier molecular flexibility index (Phi) is 23.9. The first-order chi connectivity index (χ1) is 38.2. The number of ether oxygens (including phenoxy) is 4. The van der Waals surface area contributed by atoms with Crippen LogP contribution >= 0.6 is 11.8 Å². The van der Waals surface area contributed by atoms with Crippen LogP contribution in [0, 0.1) is 30.6 Å². The average molecular weight is 1170 g/mol. The number of carbonyl (C=O) groups is 5. The highest BCUT2D eigenvalue weighted by Crippen LogP contribution is 2.46. The molecule has 22 nitrogen and oxygen atoms in total. The molecular formula is C55H72N6O16S3. The number of nitrogen functional groups attached to an aromatic ring is 1. The molecule has 436 valence electrons. The molecule has 4 atom stereocenters. The Balaban J connectivity index is 0.842. The number of nitrogens with one attached hydrogen (secondary N) is 4. The third kappa shape index (κ3) is 17.3. The zero-order valence-corrected chi connectivity index (χ0v) is 47.5. The van der Waals surface area contributed by atoms with Crippen molar-refractivity contribution < 1.29 is 73.3 Å². The third-order valence-electron chi connectivity index (χ3n) is 13.9. The number of urea groups is 1. The number of anilines is 1. The van der Waals surface area contributed by atoms with E-state index in [0.717, 1.165) is 31.1 Å². The number of likely N-dealkylation sites (N-methyl/N-ethyl adjacent to an activating group) is 1. The third-order valence-corrected chi connectivity index (χ3v) is 17.2. The van der Waals surface area contributed by atoms with Crippen molar-refractivity contribution in [1.82, 2.24) is 20.9 Å². The summed E-state index contributed by atoms with van der Waals surface area (Å²) in [6.07, 6.45) is 11.3. The van der Waals surface area contributed by atoms with Crippen LogP contribution in [0.15, 0.2) is 56.7 Å². The lowest BCUT2D eigenvalue weighted by atomic mass is 9.90. The maximum atomic E-state index is 13.4. The van der Waals surface area contributed by atoms with Gasteiger partial charge >= 0.3 is 6.03 Å². The molecule has 3 heterocycles. The van der Waals surface area contributed by atoms with Gasteiger partial charge in [-0.3, -0.25) is 33.7 Å². The van der Waals surface area contributed by atoms with Crippen molar-refractivity contribution in [2.24, 2.45) is 5.92 Å². The van der Waals surface area contributed by atoms with E-state index >= 15 is 0 Å². The fraction of sp³-hybridized carbons (Fsp3) is 0.527. The topological polar surface area (TPSA) is 333 Å². The van der Waals surface area contributed by atoms with Gasteiger partial charge in [0.1, 0.15) is 11.6 Å². The summed E-state index contributed by atoms with van der Waals surface area (Å²) in [6, 6.07) is 10.3. The molecule has 0 spiro atoms. The van der Waals surface area contributed by atoms with Crippen LogP contribution in [0.4, 0.5) is 10.5 Å². The number of terminal acetylenes is 1. The summed E-state index contributed by atoms with van der Waals surface area (Å²) < 4.78 is 98.4. The second-order valence-corrected chi connectivity index (χ2v) is 23.5. The molecule has 0 unspecified atom stereocenters. The van der Waals surface area contributed by atoms with Crippen molar-refractivity contribution >= 4 is 78.1 Å². The van der Waals surface area contributed by atoms with Crippen molar-refractivity contribution in [2.45, 2.75) is 112 Å². The van der Waals surface area contributed by atoms with E-state index in [1.54, 1.807) is 19.1 Å². The maximum absolute atomic E-state index is 13.4. The van der Waals surface area contributed by atoms with Crippen molar-refractivity contribution in [3.05, 3.63) is 58.9 Å². The van der Waals surface area contributed by atoms with Crippen molar-refractivity contribution in [2.75, 3.05) is 84.0 Å². The molecule has 4 amide bonds. The van der Waals surface area contributed by atoms with E-state index in [9.17, 15) is 49.9 Å². The zero-order valence-electron chi connectivity index (χ0n) is 45.1. The van der Waals surface area contributed by atoms with Crippen LogP contribution in [0.25, 0.3) is 33.4 Å². The fourth-order valence-corrected chi connectivity index (χ4v) is 13.1. The van der Waals surface area contributed by atoms with Crippen LogP contribution in [0.1, 0.15) is 93.5 Å². The first kappa shape index (κ1) is 63.2. The number of benzene rings is 3. The van der Waals surface area contributed by atoms with Gasteiger partial charge in [0.2, 0.25) is 5.91 Å². The Bertz CT molecular complexity index is 3150.